The number of alkyl halides is 6. The van der Waals surface area contributed by atoms with E-state index in [1.807, 2.05) is 30.3 Å². The van der Waals surface area contributed by atoms with Crippen LogP contribution in [-0.2, 0) is 27.4 Å². The zero-order chi connectivity index (χ0) is 25.9. The van der Waals surface area contributed by atoms with Gasteiger partial charge in [-0.05, 0) is 49.1 Å². The van der Waals surface area contributed by atoms with Crippen molar-refractivity contribution in [2.45, 2.75) is 49.9 Å². The lowest BCUT2D eigenvalue weighted by atomic mass is 9.82. The Kier molecular flexibility index (Phi) is 8.00. The minimum Gasteiger partial charge on any atom is -0.445 e. The Morgan fingerprint density at radius 1 is 1.09 bits per heavy atom. The van der Waals surface area contributed by atoms with Gasteiger partial charge in [0.05, 0.1) is 29.4 Å². The van der Waals surface area contributed by atoms with E-state index in [4.69, 9.17) is 9.47 Å². The molecule has 1 aliphatic heterocycles. The van der Waals surface area contributed by atoms with Gasteiger partial charge < -0.3 is 20.1 Å². The Morgan fingerprint density at radius 3 is 2.17 bits per heavy atom. The maximum Gasteiger partial charge on any atom is 0.416 e. The van der Waals surface area contributed by atoms with Crippen molar-refractivity contribution in [3.63, 3.8) is 0 Å². The Balaban J connectivity index is 1.83. The Labute approximate surface area is 198 Å². The van der Waals surface area contributed by atoms with Crippen LogP contribution in [-0.4, -0.2) is 32.4 Å². The number of piperidine rings is 1. The molecule has 192 valence electrons. The fraction of sp³-hybridized carbons (Fsp3) is 0.458. The molecular formula is C24H26F6N2O3. The number of halogens is 6. The molecule has 1 fully saturated rings. The molecule has 11 heteroatoms. The number of alkyl carbamates (subject to hydrolysis) is 1. The minimum atomic E-state index is -4.94. The van der Waals surface area contributed by atoms with Crippen molar-refractivity contribution in [2.24, 2.45) is 0 Å². The molecule has 2 aromatic rings. The van der Waals surface area contributed by atoms with E-state index in [1.165, 1.54) is 14.0 Å². The quantitative estimate of drug-likeness (QED) is 0.488. The van der Waals surface area contributed by atoms with Crippen LogP contribution in [0.15, 0.2) is 48.5 Å². The maximum atomic E-state index is 13.3. The number of hydrogen-bond acceptors (Lipinski definition) is 4. The zero-order valence-electron chi connectivity index (χ0n) is 19.1. The van der Waals surface area contributed by atoms with Crippen LogP contribution in [0, 0.1) is 0 Å². The first-order chi connectivity index (χ1) is 16.3. The number of hydrogen-bond donors (Lipinski definition) is 2. The lowest BCUT2D eigenvalue weighted by Gasteiger charge is -2.41. The van der Waals surface area contributed by atoms with Gasteiger partial charge in [0.15, 0.2) is 0 Å². The van der Waals surface area contributed by atoms with Crippen molar-refractivity contribution < 1.29 is 40.6 Å². The van der Waals surface area contributed by atoms with Gasteiger partial charge >= 0.3 is 18.4 Å². The Hall–Kier alpha value is -2.79. The predicted molar refractivity (Wildman–Crippen MR) is 115 cm³/mol. The van der Waals surface area contributed by atoms with E-state index in [-0.39, 0.29) is 18.2 Å². The molecular weight excluding hydrogens is 478 g/mol. The highest BCUT2D eigenvalue weighted by Crippen LogP contribution is 2.39. The van der Waals surface area contributed by atoms with E-state index >= 15 is 0 Å². The van der Waals surface area contributed by atoms with Crippen LogP contribution in [0.25, 0.3) is 0 Å². The average Bonchev–Trinajstić information content (AvgIpc) is 2.82. The summed E-state index contributed by atoms with van der Waals surface area (Å²) < 4.78 is 90.7. The van der Waals surface area contributed by atoms with Gasteiger partial charge in [0.1, 0.15) is 6.10 Å². The monoisotopic (exact) mass is 504 g/mol. The van der Waals surface area contributed by atoms with E-state index in [2.05, 4.69) is 10.6 Å². The molecule has 0 saturated carbocycles. The summed E-state index contributed by atoms with van der Waals surface area (Å²) in [7, 11) is 1.44. The maximum absolute atomic E-state index is 13.3. The molecule has 35 heavy (non-hydrogen) atoms. The Bertz CT molecular complexity index is 970. The van der Waals surface area contributed by atoms with E-state index in [0.29, 0.717) is 31.5 Å². The number of rotatable bonds is 6. The molecule has 3 rings (SSSR count). The molecule has 1 aliphatic rings. The van der Waals surface area contributed by atoms with Gasteiger partial charge in [-0.1, -0.05) is 30.3 Å². The van der Waals surface area contributed by atoms with Crippen molar-refractivity contribution in [2.75, 3.05) is 20.2 Å². The third-order valence-electron chi connectivity index (χ3n) is 6.02. The van der Waals surface area contributed by atoms with Gasteiger partial charge in [0.25, 0.3) is 0 Å². The summed E-state index contributed by atoms with van der Waals surface area (Å²) in [6, 6.07) is 10.6. The third kappa shape index (κ3) is 6.66. The molecule has 2 N–H and O–H groups in total. The highest BCUT2D eigenvalue weighted by Gasteiger charge is 2.40. The molecule has 2 aromatic carbocycles. The number of amides is 1. The van der Waals surface area contributed by atoms with Crippen LogP contribution in [0.2, 0.25) is 0 Å². The van der Waals surface area contributed by atoms with Gasteiger partial charge in [-0.25, -0.2) is 4.79 Å². The first-order valence-corrected chi connectivity index (χ1v) is 10.9. The SMILES string of the molecule is CNC(=O)O[C@H]1CC[C@@](CO[C@H](C)c2cc(C(F)(F)F)cc(C(F)(F)F)c2)(c2ccccc2)NC1. The van der Waals surface area contributed by atoms with Crippen molar-refractivity contribution in [3.8, 4) is 0 Å². The summed E-state index contributed by atoms with van der Waals surface area (Å²) in [5.41, 5.74) is -2.94. The second-order valence-electron chi connectivity index (χ2n) is 8.44. The highest BCUT2D eigenvalue weighted by molar-refractivity contribution is 5.66. The molecule has 5 nitrogen and oxygen atoms in total. The number of carbonyl (C=O) groups is 1. The van der Waals surface area contributed by atoms with Gasteiger partial charge in [0, 0.05) is 13.6 Å². The van der Waals surface area contributed by atoms with Crippen LogP contribution in [0.4, 0.5) is 31.1 Å². The first kappa shape index (κ1) is 26.8. The molecule has 0 aromatic heterocycles. The number of benzene rings is 2. The molecule has 0 bridgehead atoms. The lowest BCUT2D eigenvalue weighted by molar-refractivity contribution is -0.143. The van der Waals surface area contributed by atoms with Crippen LogP contribution in [0.5, 0.6) is 0 Å². The van der Waals surface area contributed by atoms with E-state index < -0.39 is 47.3 Å². The van der Waals surface area contributed by atoms with Crippen molar-refractivity contribution in [1.82, 2.24) is 10.6 Å². The summed E-state index contributed by atoms with van der Waals surface area (Å²) in [6.07, 6.45) is -11.0. The van der Waals surface area contributed by atoms with Gasteiger partial charge in [-0.2, -0.15) is 26.3 Å². The molecule has 3 atom stereocenters. The van der Waals surface area contributed by atoms with Crippen LogP contribution < -0.4 is 10.6 Å². The van der Waals surface area contributed by atoms with Crippen molar-refractivity contribution in [3.05, 3.63) is 70.8 Å². The number of nitrogens with one attached hydrogen (secondary N) is 2. The third-order valence-corrected chi connectivity index (χ3v) is 6.02. The number of carbonyl (C=O) groups excluding carboxylic acids is 1. The normalized spacial score (nSPS) is 21.9. The summed E-state index contributed by atoms with van der Waals surface area (Å²) in [5.74, 6) is 0. The van der Waals surface area contributed by atoms with Gasteiger partial charge in [-0.15, -0.1) is 0 Å². The summed E-state index contributed by atoms with van der Waals surface area (Å²) in [5, 5.41) is 5.70. The zero-order valence-corrected chi connectivity index (χ0v) is 19.1. The average molecular weight is 504 g/mol. The van der Waals surface area contributed by atoms with Gasteiger partial charge in [0.2, 0.25) is 0 Å². The lowest BCUT2D eigenvalue weighted by Crippen LogP contribution is -2.54. The molecule has 1 saturated heterocycles. The Morgan fingerprint density at radius 2 is 1.69 bits per heavy atom. The van der Waals surface area contributed by atoms with E-state index in [1.54, 1.807) is 0 Å². The molecule has 0 aliphatic carbocycles. The smallest absolute Gasteiger partial charge is 0.416 e. The predicted octanol–water partition coefficient (Wildman–Crippen LogP) is 5.81. The molecule has 1 amide bonds. The van der Waals surface area contributed by atoms with Crippen LogP contribution in [0.3, 0.4) is 0 Å². The van der Waals surface area contributed by atoms with Crippen LogP contribution >= 0.6 is 0 Å². The number of ether oxygens (including phenoxy) is 2. The summed E-state index contributed by atoms with van der Waals surface area (Å²) >= 11 is 0. The van der Waals surface area contributed by atoms with E-state index in [9.17, 15) is 31.1 Å². The minimum absolute atomic E-state index is 0.0253. The summed E-state index contributed by atoms with van der Waals surface area (Å²) in [4.78, 5) is 11.5. The van der Waals surface area contributed by atoms with Gasteiger partial charge in [-0.3, -0.25) is 0 Å². The molecule has 0 spiro atoms. The second kappa shape index (κ2) is 10.4. The molecule has 0 unspecified atom stereocenters. The summed E-state index contributed by atoms with van der Waals surface area (Å²) in [6.45, 7) is 1.68. The standard InChI is InChI=1S/C24H26F6N2O3/c1-15(16-10-18(23(25,26)27)12-19(11-16)24(28,29)30)34-14-22(17-6-4-3-5-7-17)9-8-20(13-32-22)35-21(33)31-2/h3-7,10-12,15,20,32H,8-9,13-14H2,1-2H3,(H,31,33)/t15-,20+,22-/m1/s1. The fourth-order valence-corrected chi connectivity index (χ4v) is 4.01. The fourth-order valence-electron chi connectivity index (χ4n) is 4.01. The largest absolute Gasteiger partial charge is 0.445 e. The molecule has 1 heterocycles. The highest BCUT2D eigenvalue weighted by atomic mass is 19.4. The topological polar surface area (TPSA) is 59.6 Å². The first-order valence-electron chi connectivity index (χ1n) is 10.9. The molecule has 0 radical (unpaired) electrons. The van der Waals surface area contributed by atoms with Crippen molar-refractivity contribution >= 4 is 6.09 Å². The second-order valence-corrected chi connectivity index (χ2v) is 8.44. The van der Waals surface area contributed by atoms with E-state index in [0.717, 1.165) is 5.56 Å². The van der Waals surface area contributed by atoms with Crippen LogP contribution in [0.1, 0.15) is 48.1 Å². The van der Waals surface area contributed by atoms with Crippen molar-refractivity contribution in [1.29, 1.82) is 0 Å².